The Balaban J connectivity index is 0.000000720. The zero-order valence-corrected chi connectivity index (χ0v) is 7.99. The number of hydrogen-bond donors (Lipinski definition) is 1. The molecule has 0 saturated carbocycles. The molecule has 0 bridgehead atoms. The van der Waals surface area contributed by atoms with E-state index in [1.54, 1.807) is 6.20 Å². The summed E-state index contributed by atoms with van der Waals surface area (Å²) in [5.74, 6) is 0. The van der Waals surface area contributed by atoms with Crippen molar-refractivity contribution in [2.24, 2.45) is 0 Å². The summed E-state index contributed by atoms with van der Waals surface area (Å²) in [4.78, 5) is 14.2. The first kappa shape index (κ1) is 9.00. The standard InChI is InChI=1S/C9H7NO.BrH/c11-9-5-6-10-8-4-2-1-3-7(8)9;/h1-6H,(H,10,11);1H. The van der Waals surface area contributed by atoms with Gasteiger partial charge in [0.25, 0.3) is 0 Å². The lowest BCUT2D eigenvalue weighted by molar-refractivity contribution is 1.39. The molecule has 0 spiro atoms. The maximum Gasteiger partial charge on any atom is 0.189 e. The van der Waals surface area contributed by atoms with Crippen molar-refractivity contribution in [1.82, 2.24) is 4.98 Å². The third kappa shape index (κ3) is 1.41. The van der Waals surface area contributed by atoms with Crippen LogP contribution in [0.4, 0.5) is 0 Å². The van der Waals surface area contributed by atoms with Crippen LogP contribution in [0.2, 0.25) is 0 Å². The molecule has 1 heterocycles. The van der Waals surface area contributed by atoms with Crippen LogP contribution in [0, 0.1) is 0 Å². The maximum absolute atomic E-state index is 11.2. The molecule has 2 aromatic rings. The minimum Gasteiger partial charge on any atom is -0.361 e. The van der Waals surface area contributed by atoms with Crippen LogP contribution in [0.15, 0.2) is 41.3 Å². The second-order valence-corrected chi connectivity index (χ2v) is 2.39. The molecule has 12 heavy (non-hydrogen) atoms. The Morgan fingerprint density at radius 1 is 1.08 bits per heavy atom. The quantitative estimate of drug-likeness (QED) is 0.733. The maximum atomic E-state index is 11.2. The summed E-state index contributed by atoms with van der Waals surface area (Å²) in [5.41, 5.74) is 0.958. The van der Waals surface area contributed by atoms with Crippen LogP contribution < -0.4 is 5.43 Å². The largest absolute Gasteiger partial charge is 0.361 e. The average Bonchev–Trinajstić information content (AvgIpc) is 2.06. The third-order valence-corrected chi connectivity index (χ3v) is 1.67. The van der Waals surface area contributed by atoms with Crippen molar-refractivity contribution in [1.29, 1.82) is 0 Å². The van der Waals surface area contributed by atoms with Crippen molar-refractivity contribution in [2.45, 2.75) is 0 Å². The molecule has 0 atom stereocenters. The number of benzene rings is 1. The lowest BCUT2D eigenvalue weighted by atomic mass is 10.2. The average molecular weight is 226 g/mol. The Hall–Kier alpha value is -1.09. The lowest BCUT2D eigenvalue weighted by Gasteiger charge is -1.92. The Kier molecular flexibility index (Phi) is 2.65. The van der Waals surface area contributed by atoms with Gasteiger partial charge < -0.3 is 4.98 Å². The Labute approximate surface area is 80.0 Å². The van der Waals surface area contributed by atoms with Gasteiger partial charge in [0.2, 0.25) is 0 Å². The SMILES string of the molecule is Br.O=c1cc[nH]c2ccccc12. The summed E-state index contributed by atoms with van der Waals surface area (Å²) < 4.78 is 0. The van der Waals surface area contributed by atoms with Crippen LogP contribution in [0.25, 0.3) is 10.9 Å². The number of halogens is 1. The van der Waals surface area contributed by atoms with E-state index >= 15 is 0 Å². The van der Waals surface area contributed by atoms with Gasteiger partial charge in [-0.3, -0.25) is 4.79 Å². The second-order valence-electron chi connectivity index (χ2n) is 2.39. The first-order chi connectivity index (χ1) is 5.38. The van der Waals surface area contributed by atoms with Gasteiger partial charge in [-0.05, 0) is 12.1 Å². The van der Waals surface area contributed by atoms with Crippen molar-refractivity contribution in [3.8, 4) is 0 Å². The molecule has 1 aromatic heterocycles. The predicted octanol–water partition coefficient (Wildman–Crippen LogP) is 2.11. The molecule has 0 unspecified atom stereocenters. The molecule has 3 heteroatoms. The fourth-order valence-electron chi connectivity index (χ4n) is 1.12. The highest BCUT2D eigenvalue weighted by molar-refractivity contribution is 8.93. The monoisotopic (exact) mass is 225 g/mol. The van der Waals surface area contributed by atoms with Crippen molar-refractivity contribution < 1.29 is 0 Å². The summed E-state index contributed by atoms with van der Waals surface area (Å²) in [6, 6.07) is 8.99. The molecule has 0 saturated heterocycles. The van der Waals surface area contributed by atoms with E-state index in [1.165, 1.54) is 6.07 Å². The van der Waals surface area contributed by atoms with Crippen LogP contribution in [-0.4, -0.2) is 4.98 Å². The van der Waals surface area contributed by atoms with E-state index in [9.17, 15) is 4.79 Å². The first-order valence-electron chi connectivity index (χ1n) is 3.44. The zero-order chi connectivity index (χ0) is 7.68. The van der Waals surface area contributed by atoms with Crippen molar-refractivity contribution >= 4 is 27.9 Å². The van der Waals surface area contributed by atoms with Gasteiger partial charge in [-0.25, -0.2) is 0 Å². The van der Waals surface area contributed by atoms with Gasteiger partial charge in [-0.15, -0.1) is 17.0 Å². The highest BCUT2D eigenvalue weighted by atomic mass is 79.9. The fourth-order valence-corrected chi connectivity index (χ4v) is 1.12. The zero-order valence-electron chi connectivity index (χ0n) is 6.28. The van der Waals surface area contributed by atoms with E-state index in [0.717, 1.165) is 10.9 Å². The normalized spacial score (nSPS) is 9.33. The summed E-state index contributed by atoms with van der Waals surface area (Å²) >= 11 is 0. The summed E-state index contributed by atoms with van der Waals surface area (Å²) in [6.07, 6.45) is 1.66. The predicted molar refractivity (Wildman–Crippen MR) is 54.9 cm³/mol. The van der Waals surface area contributed by atoms with E-state index in [4.69, 9.17) is 0 Å². The van der Waals surface area contributed by atoms with E-state index in [2.05, 4.69) is 4.98 Å². The molecule has 0 aliphatic carbocycles. The highest BCUT2D eigenvalue weighted by Gasteiger charge is 1.92. The lowest BCUT2D eigenvalue weighted by Crippen LogP contribution is -1.98. The van der Waals surface area contributed by atoms with Gasteiger partial charge in [0, 0.05) is 23.2 Å². The van der Waals surface area contributed by atoms with Gasteiger partial charge in [-0.2, -0.15) is 0 Å². The van der Waals surface area contributed by atoms with Crippen LogP contribution >= 0.6 is 17.0 Å². The molecule has 2 rings (SSSR count). The Morgan fingerprint density at radius 2 is 1.83 bits per heavy atom. The van der Waals surface area contributed by atoms with Gasteiger partial charge in [0.1, 0.15) is 0 Å². The van der Waals surface area contributed by atoms with Crippen molar-refractivity contribution in [2.75, 3.05) is 0 Å². The smallest absolute Gasteiger partial charge is 0.189 e. The second kappa shape index (κ2) is 3.54. The van der Waals surface area contributed by atoms with Crippen LogP contribution in [0.1, 0.15) is 0 Å². The molecule has 0 amide bonds. The van der Waals surface area contributed by atoms with Gasteiger partial charge in [0.05, 0.1) is 0 Å². The van der Waals surface area contributed by atoms with Crippen molar-refractivity contribution in [3.63, 3.8) is 0 Å². The minimum absolute atomic E-state index is 0. The summed E-state index contributed by atoms with van der Waals surface area (Å²) in [6.45, 7) is 0. The topological polar surface area (TPSA) is 32.9 Å². The number of nitrogens with one attached hydrogen (secondary N) is 1. The Morgan fingerprint density at radius 3 is 2.58 bits per heavy atom. The molecule has 0 aliphatic heterocycles. The number of aromatic nitrogens is 1. The number of aromatic amines is 1. The van der Waals surface area contributed by atoms with Crippen LogP contribution in [0.3, 0.4) is 0 Å². The molecule has 62 valence electrons. The molecule has 2 nitrogen and oxygen atoms in total. The molecule has 0 radical (unpaired) electrons. The van der Waals surface area contributed by atoms with Crippen LogP contribution in [-0.2, 0) is 0 Å². The number of para-hydroxylation sites is 1. The summed E-state index contributed by atoms with van der Waals surface area (Å²) in [5, 5.41) is 0.745. The Bertz CT molecular complexity index is 430. The van der Waals surface area contributed by atoms with Crippen LogP contribution in [0.5, 0.6) is 0 Å². The van der Waals surface area contributed by atoms with Gasteiger partial charge >= 0.3 is 0 Å². The number of pyridine rings is 1. The van der Waals surface area contributed by atoms with E-state index in [-0.39, 0.29) is 22.4 Å². The van der Waals surface area contributed by atoms with E-state index in [1.807, 2.05) is 24.3 Å². The number of H-pyrrole nitrogens is 1. The highest BCUT2D eigenvalue weighted by Crippen LogP contribution is 2.03. The number of hydrogen-bond acceptors (Lipinski definition) is 1. The molecule has 1 aromatic carbocycles. The van der Waals surface area contributed by atoms with Crippen molar-refractivity contribution in [3.05, 3.63) is 46.8 Å². The molecule has 0 fully saturated rings. The number of fused-ring (bicyclic) bond motifs is 1. The molecule has 0 aliphatic rings. The van der Waals surface area contributed by atoms with E-state index in [0.29, 0.717) is 0 Å². The van der Waals surface area contributed by atoms with Gasteiger partial charge in [0.15, 0.2) is 5.43 Å². The fraction of sp³-hybridized carbons (Fsp3) is 0. The molecular weight excluding hydrogens is 218 g/mol. The number of rotatable bonds is 0. The third-order valence-electron chi connectivity index (χ3n) is 1.67. The minimum atomic E-state index is 0. The molecular formula is C9H8BrNO. The summed E-state index contributed by atoms with van der Waals surface area (Å²) in [7, 11) is 0. The van der Waals surface area contributed by atoms with E-state index < -0.39 is 0 Å². The van der Waals surface area contributed by atoms with Gasteiger partial charge in [-0.1, -0.05) is 12.1 Å². The molecule has 1 N–H and O–H groups in total. The first-order valence-corrected chi connectivity index (χ1v) is 3.44.